The molecule has 0 spiro atoms. The van der Waals surface area contributed by atoms with E-state index in [0.717, 1.165) is 57.3 Å². The summed E-state index contributed by atoms with van der Waals surface area (Å²) in [7, 11) is 4.07. The Morgan fingerprint density at radius 1 is 1.18 bits per heavy atom. The molecule has 1 fully saturated rings. The highest BCUT2D eigenvalue weighted by atomic mass is 35.5. The fourth-order valence-corrected chi connectivity index (χ4v) is 5.16. The van der Waals surface area contributed by atoms with Gasteiger partial charge in [0.15, 0.2) is 0 Å². The fourth-order valence-electron chi connectivity index (χ4n) is 4.91. The maximum absolute atomic E-state index is 12.1. The molecule has 2 aromatic heterocycles. The first-order valence-electron chi connectivity index (χ1n) is 12.7. The number of nitrogens with one attached hydrogen (secondary N) is 1. The number of nitrogens with zero attached hydrogens (tertiary/aromatic N) is 6. The van der Waals surface area contributed by atoms with Crippen molar-refractivity contribution in [3.05, 3.63) is 53.7 Å². The highest BCUT2D eigenvalue weighted by Gasteiger charge is 2.24. The SMILES string of the molecule is C=CC(=O)N1CCN(c2nc(OCCCN(C)C)nc3cc(-c4c(C)ccc5[nH]ncc45)c(Cl)cc23)CC1. The van der Waals surface area contributed by atoms with Crippen molar-refractivity contribution in [2.75, 3.05) is 58.3 Å². The van der Waals surface area contributed by atoms with Gasteiger partial charge in [0, 0.05) is 54.1 Å². The van der Waals surface area contributed by atoms with Crippen LogP contribution in [0.4, 0.5) is 5.82 Å². The summed E-state index contributed by atoms with van der Waals surface area (Å²) in [6.07, 6.45) is 4.05. The molecule has 38 heavy (non-hydrogen) atoms. The number of benzene rings is 2. The summed E-state index contributed by atoms with van der Waals surface area (Å²) in [6, 6.07) is 8.37. The van der Waals surface area contributed by atoms with E-state index in [4.69, 9.17) is 26.3 Å². The van der Waals surface area contributed by atoms with Gasteiger partial charge >= 0.3 is 6.01 Å². The normalized spacial score (nSPS) is 14.0. The Labute approximate surface area is 227 Å². The van der Waals surface area contributed by atoms with E-state index < -0.39 is 0 Å². The second-order valence-corrected chi connectivity index (χ2v) is 10.2. The average molecular weight is 534 g/mol. The third-order valence-electron chi connectivity index (χ3n) is 6.89. The van der Waals surface area contributed by atoms with Gasteiger partial charge in [-0.2, -0.15) is 15.1 Å². The first kappa shape index (κ1) is 25.9. The van der Waals surface area contributed by atoms with Crippen LogP contribution in [0.3, 0.4) is 0 Å². The number of halogens is 1. The van der Waals surface area contributed by atoms with Crippen molar-refractivity contribution in [3.8, 4) is 17.1 Å². The highest BCUT2D eigenvalue weighted by molar-refractivity contribution is 6.35. The minimum absolute atomic E-state index is 0.0569. The Kier molecular flexibility index (Phi) is 7.49. The van der Waals surface area contributed by atoms with Crippen molar-refractivity contribution in [3.63, 3.8) is 0 Å². The molecule has 0 aliphatic carbocycles. The predicted molar refractivity (Wildman–Crippen MR) is 152 cm³/mol. The summed E-state index contributed by atoms with van der Waals surface area (Å²) >= 11 is 6.94. The molecule has 198 valence electrons. The molecule has 3 heterocycles. The lowest BCUT2D eigenvalue weighted by atomic mass is 9.96. The smallest absolute Gasteiger partial charge is 0.318 e. The Bertz CT molecular complexity index is 1490. The van der Waals surface area contributed by atoms with Crippen LogP contribution in [0.15, 0.2) is 43.1 Å². The zero-order valence-electron chi connectivity index (χ0n) is 22.0. The Hall–Kier alpha value is -3.69. The van der Waals surface area contributed by atoms with Crippen LogP contribution in [0.2, 0.25) is 5.02 Å². The maximum Gasteiger partial charge on any atom is 0.318 e. The lowest BCUT2D eigenvalue weighted by Crippen LogP contribution is -2.48. The topological polar surface area (TPSA) is 90.5 Å². The van der Waals surface area contributed by atoms with E-state index in [1.165, 1.54) is 6.08 Å². The predicted octanol–water partition coefficient (Wildman–Crippen LogP) is 4.30. The molecule has 2 aromatic carbocycles. The number of fused-ring (bicyclic) bond motifs is 2. The zero-order chi connectivity index (χ0) is 26.8. The van der Waals surface area contributed by atoms with Crippen LogP contribution < -0.4 is 9.64 Å². The fraction of sp³-hybridized carbons (Fsp3) is 0.357. The van der Waals surface area contributed by atoms with Gasteiger partial charge in [-0.25, -0.2) is 0 Å². The summed E-state index contributed by atoms with van der Waals surface area (Å²) in [5.41, 5.74) is 4.70. The molecule has 1 aliphatic heterocycles. The number of amides is 1. The molecule has 1 amide bonds. The van der Waals surface area contributed by atoms with E-state index in [1.807, 2.05) is 38.5 Å². The number of aryl methyl sites for hydroxylation is 1. The van der Waals surface area contributed by atoms with Crippen LogP contribution in [-0.4, -0.2) is 89.3 Å². The van der Waals surface area contributed by atoms with Gasteiger partial charge < -0.3 is 19.4 Å². The van der Waals surface area contributed by atoms with Gasteiger partial charge in [0.25, 0.3) is 0 Å². The van der Waals surface area contributed by atoms with Crippen LogP contribution in [0.5, 0.6) is 6.01 Å². The van der Waals surface area contributed by atoms with Gasteiger partial charge in [-0.3, -0.25) is 9.89 Å². The lowest BCUT2D eigenvalue weighted by Gasteiger charge is -2.35. The minimum atomic E-state index is -0.0569. The number of piperazine rings is 1. The Morgan fingerprint density at radius 3 is 2.71 bits per heavy atom. The van der Waals surface area contributed by atoms with E-state index in [0.29, 0.717) is 43.8 Å². The summed E-state index contributed by atoms with van der Waals surface area (Å²) in [5.74, 6) is 0.702. The van der Waals surface area contributed by atoms with Crippen LogP contribution in [0.1, 0.15) is 12.0 Å². The molecule has 0 atom stereocenters. The maximum atomic E-state index is 12.1. The van der Waals surface area contributed by atoms with Gasteiger partial charge in [-0.1, -0.05) is 24.2 Å². The van der Waals surface area contributed by atoms with Gasteiger partial charge in [-0.05, 0) is 62.8 Å². The molecule has 9 nitrogen and oxygen atoms in total. The number of hydrogen-bond donors (Lipinski definition) is 1. The van der Waals surface area contributed by atoms with Crippen molar-refractivity contribution in [2.24, 2.45) is 0 Å². The highest BCUT2D eigenvalue weighted by Crippen LogP contribution is 2.40. The summed E-state index contributed by atoms with van der Waals surface area (Å²) in [6.45, 7) is 9.55. The molecule has 1 saturated heterocycles. The Morgan fingerprint density at radius 2 is 1.97 bits per heavy atom. The first-order valence-corrected chi connectivity index (χ1v) is 13.1. The molecule has 0 bridgehead atoms. The van der Waals surface area contributed by atoms with Crippen molar-refractivity contribution in [2.45, 2.75) is 13.3 Å². The number of aromatic nitrogens is 4. The van der Waals surface area contributed by atoms with Crippen molar-refractivity contribution in [1.29, 1.82) is 0 Å². The third-order valence-corrected chi connectivity index (χ3v) is 7.20. The number of hydrogen-bond acceptors (Lipinski definition) is 7. The summed E-state index contributed by atoms with van der Waals surface area (Å²) in [5, 5.41) is 9.74. The molecule has 0 unspecified atom stereocenters. The minimum Gasteiger partial charge on any atom is -0.463 e. The van der Waals surface area contributed by atoms with Gasteiger partial charge in [-0.15, -0.1) is 0 Å². The van der Waals surface area contributed by atoms with Crippen LogP contribution >= 0.6 is 11.6 Å². The monoisotopic (exact) mass is 533 g/mol. The number of H-pyrrole nitrogens is 1. The average Bonchev–Trinajstić information content (AvgIpc) is 3.39. The largest absolute Gasteiger partial charge is 0.463 e. The standard InChI is InChI=1S/C28H32ClN7O2/c1-5-25(37)35-10-12-36(13-11-35)27-20-15-22(29)19(26-18(2)7-8-23-21(26)17-30-33-23)16-24(20)31-28(32-27)38-14-6-9-34(3)4/h5,7-8,15-17H,1,6,9-14H2,2-4H3,(H,30,33). The van der Waals surface area contributed by atoms with E-state index in [1.54, 1.807) is 4.90 Å². The third kappa shape index (κ3) is 5.16. The van der Waals surface area contributed by atoms with Crippen LogP contribution in [-0.2, 0) is 4.79 Å². The van der Waals surface area contributed by atoms with Crippen LogP contribution in [0.25, 0.3) is 32.9 Å². The summed E-state index contributed by atoms with van der Waals surface area (Å²) in [4.78, 5) is 27.8. The van der Waals surface area contributed by atoms with Gasteiger partial charge in [0.2, 0.25) is 5.91 Å². The van der Waals surface area contributed by atoms with Gasteiger partial charge in [0.1, 0.15) is 5.82 Å². The molecule has 0 radical (unpaired) electrons. The van der Waals surface area contributed by atoms with E-state index in [2.05, 4.69) is 39.6 Å². The van der Waals surface area contributed by atoms with E-state index in [9.17, 15) is 4.79 Å². The number of anilines is 1. The number of aromatic amines is 1. The number of rotatable bonds is 8. The van der Waals surface area contributed by atoms with Crippen molar-refractivity contribution in [1.82, 2.24) is 30.0 Å². The molecule has 1 aliphatic rings. The molecular formula is C28H32ClN7O2. The van der Waals surface area contributed by atoms with Crippen LogP contribution in [0, 0.1) is 6.92 Å². The lowest BCUT2D eigenvalue weighted by molar-refractivity contribution is -0.126. The molecule has 5 rings (SSSR count). The first-order chi connectivity index (χ1) is 18.4. The van der Waals surface area contributed by atoms with E-state index >= 15 is 0 Å². The van der Waals surface area contributed by atoms with Crippen molar-refractivity contribution < 1.29 is 9.53 Å². The van der Waals surface area contributed by atoms with Gasteiger partial charge in [0.05, 0.1) is 23.8 Å². The van der Waals surface area contributed by atoms with Crippen molar-refractivity contribution >= 4 is 45.1 Å². The molecule has 4 aromatic rings. The Balaban J connectivity index is 1.57. The van der Waals surface area contributed by atoms with E-state index in [-0.39, 0.29) is 5.91 Å². The molecule has 1 N–H and O–H groups in total. The number of ether oxygens (including phenoxy) is 1. The molecule has 10 heteroatoms. The number of carbonyl (C=O) groups is 1. The molecule has 0 saturated carbocycles. The molecular weight excluding hydrogens is 502 g/mol. The quantitative estimate of drug-likeness (QED) is 0.267. The second kappa shape index (κ2) is 11.0. The summed E-state index contributed by atoms with van der Waals surface area (Å²) < 4.78 is 6.03. The zero-order valence-corrected chi connectivity index (χ0v) is 22.8. The number of carbonyl (C=O) groups excluding carboxylic acids is 1. The second-order valence-electron chi connectivity index (χ2n) is 9.79.